The van der Waals surface area contributed by atoms with E-state index in [4.69, 9.17) is 0 Å². The van der Waals surface area contributed by atoms with Crippen molar-refractivity contribution < 1.29 is 8.78 Å². The average Bonchev–Trinajstić information content (AvgIpc) is 1.98. The summed E-state index contributed by atoms with van der Waals surface area (Å²) in [6.07, 6.45) is 1.75. The Morgan fingerprint density at radius 3 is 2.45 bits per heavy atom. The maximum Gasteiger partial charge on any atom is 0.159 e. The van der Waals surface area contributed by atoms with E-state index < -0.39 is 11.6 Å². The third kappa shape index (κ3) is 2.00. The van der Waals surface area contributed by atoms with E-state index in [2.05, 4.69) is 0 Å². The molecule has 11 heavy (non-hydrogen) atoms. The highest BCUT2D eigenvalue weighted by Gasteiger charge is 2.00. The molecule has 0 unspecified atom stereocenters. The molecule has 0 saturated carbocycles. The minimum atomic E-state index is -0.773. The summed E-state index contributed by atoms with van der Waals surface area (Å²) < 4.78 is 24.9. The third-order valence-corrected chi connectivity index (χ3v) is 1.52. The molecule has 0 spiro atoms. The van der Waals surface area contributed by atoms with E-state index in [0.29, 0.717) is 0 Å². The molecule has 0 aliphatic rings. The zero-order chi connectivity index (χ0) is 8.27. The van der Waals surface area contributed by atoms with Gasteiger partial charge in [0.25, 0.3) is 0 Å². The Morgan fingerprint density at radius 2 is 1.91 bits per heavy atom. The summed E-state index contributed by atoms with van der Waals surface area (Å²) in [5, 5.41) is 0. The Kier molecular flexibility index (Phi) is 2.58. The first kappa shape index (κ1) is 8.18. The molecule has 0 nitrogen and oxygen atoms in total. The number of rotatable bonds is 2. The number of hydrogen-bond acceptors (Lipinski definition) is 0. The van der Waals surface area contributed by atoms with Crippen molar-refractivity contribution in [2.24, 2.45) is 0 Å². The summed E-state index contributed by atoms with van der Waals surface area (Å²) in [6.45, 7) is 2.00. The van der Waals surface area contributed by atoms with Gasteiger partial charge in [0.2, 0.25) is 0 Å². The van der Waals surface area contributed by atoms with Crippen LogP contribution in [0.25, 0.3) is 0 Å². The minimum Gasteiger partial charge on any atom is -0.204 e. The highest BCUT2D eigenvalue weighted by molar-refractivity contribution is 5.17. The van der Waals surface area contributed by atoms with E-state index in [1.54, 1.807) is 6.07 Å². The first-order valence-electron chi connectivity index (χ1n) is 3.68. The topological polar surface area (TPSA) is 0 Å². The summed E-state index contributed by atoms with van der Waals surface area (Å²) in [5.41, 5.74) is 0.853. The van der Waals surface area contributed by atoms with Crippen molar-refractivity contribution >= 4 is 0 Å². The van der Waals surface area contributed by atoms with Gasteiger partial charge in [0.05, 0.1) is 0 Å². The van der Waals surface area contributed by atoms with Crippen LogP contribution >= 0.6 is 0 Å². The first-order chi connectivity index (χ1) is 5.24. The molecule has 0 saturated heterocycles. The highest BCUT2D eigenvalue weighted by Crippen LogP contribution is 2.09. The molecule has 0 fully saturated rings. The fraction of sp³-hybridized carbons (Fsp3) is 0.333. The van der Waals surface area contributed by atoms with Crippen molar-refractivity contribution in [1.29, 1.82) is 0 Å². The zero-order valence-electron chi connectivity index (χ0n) is 6.40. The lowest BCUT2D eigenvalue weighted by Crippen LogP contribution is -1.88. The molecule has 1 aromatic carbocycles. The molecule has 0 radical (unpaired) electrons. The van der Waals surface area contributed by atoms with Crippen LogP contribution in [-0.4, -0.2) is 0 Å². The molecule has 0 N–H and O–H groups in total. The van der Waals surface area contributed by atoms with Crippen molar-refractivity contribution in [3.05, 3.63) is 35.4 Å². The van der Waals surface area contributed by atoms with Gasteiger partial charge in [0, 0.05) is 0 Å². The zero-order valence-corrected chi connectivity index (χ0v) is 6.40. The van der Waals surface area contributed by atoms with Crippen LogP contribution in [0.15, 0.2) is 18.2 Å². The maximum absolute atomic E-state index is 12.5. The van der Waals surface area contributed by atoms with Crippen molar-refractivity contribution in [2.75, 3.05) is 0 Å². The fourth-order valence-electron chi connectivity index (χ4n) is 0.984. The molecule has 0 heterocycles. The Labute approximate surface area is 64.9 Å². The van der Waals surface area contributed by atoms with E-state index in [0.717, 1.165) is 18.4 Å². The van der Waals surface area contributed by atoms with Crippen LogP contribution in [0.4, 0.5) is 8.78 Å². The third-order valence-electron chi connectivity index (χ3n) is 1.52. The van der Waals surface area contributed by atoms with Gasteiger partial charge in [0.1, 0.15) is 0 Å². The van der Waals surface area contributed by atoms with Gasteiger partial charge < -0.3 is 0 Å². The van der Waals surface area contributed by atoms with E-state index >= 15 is 0 Å². The molecule has 1 rings (SSSR count). The lowest BCUT2D eigenvalue weighted by atomic mass is 10.1. The SMILES string of the molecule is CCCc1ccc(F)c(F)c1. The maximum atomic E-state index is 12.5. The first-order valence-corrected chi connectivity index (χ1v) is 3.68. The molecule has 1 aromatic rings. The Hall–Kier alpha value is -0.920. The molecule has 0 amide bonds. The fourth-order valence-corrected chi connectivity index (χ4v) is 0.984. The molecular formula is C9H10F2. The van der Waals surface area contributed by atoms with Crippen molar-refractivity contribution in [3.8, 4) is 0 Å². The van der Waals surface area contributed by atoms with Crippen LogP contribution < -0.4 is 0 Å². The molecule has 0 aliphatic heterocycles. The number of aryl methyl sites for hydroxylation is 1. The van der Waals surface area contributed by atoms with Gasteiger partial charge in [-0.3, -0.25) is 0 Å². The monoisotopic (exact) mass is 156 g/mol. The second kappa shape index (κ2) is 3.46. The summed E-state index contributed by atoms with van der Waals surface area (Å²) in [7, 11) is 0. The molecule has 0 aromatic heterocycles. The second-order valence-electron chi connectivity index (χ2n) is 2.50. The van der Waals surface area contributed by atoms with Gasteiger partial charge in [-0.05, 0) is 24.1 Å². The number of halogens is 2. The van der Waals surface area contributed by atoms with Crippen molar-refractivity contribution in [1.82, 2.24) is 0 Å². The molecule has 60 valence electrons. The average molecular weight is 156 g/mol. The highest BCUT2D eigenvalue weighted by atomic mass is 19.2. The van der Waals surface area contributed by atoms with Gasteiger partial charge in [-0.25, -0.2) is 8.78 Å². The van der Waals surface area contributed by atoms with Crippen LogP contribution in [0.1, 0.15) is 18.9 Å². The van der Waals surface area contributed by atoms with Gasteiger partial charge in [-0.15, -0.1) is 0 Å². The Morgan fingerprint density at radius 1 is 1.18 bits per heavy atom. The summed E-state index contributed by atoms with van der Waals surface area (Å²) in [5.74, 6) is -1.53. The molecular weight excluding hydrogens is 146 g/mol. The lowest BCUT2D eigenvalue weighted by molar-refractivity contribution is 0.507. The van der Waals surface area contributed by atoms with Gasteiger partial charge in [0.15, 0.2) is 11.6 Å². The van der Waals surface area contributed by atoms with Crippen LogP contribution in [0, 0.1) is 11.6 Å². The number of hydrogen-bond donors (Lipinski definition) is 0. The smallest absolute Gasteiger partial charge is 0.159 e. The Balaban J connectivity index is 2.86. The lowest BCUT2D eigenvalue weighted by Gasteiger charge is -1.98. The number of benzene rings is 1. The van der Waals surface area contributed by atoms with Crippen LogP contribution in [0.3, 0.4) is 0 Å². The van der Waals surface area contributed by atoms with Gasteiger partial charge >= 0.3 is 0 Å². The summed E-state index contributed by atoms with van der Waals surface area (Å²) in [4.78, 5) is 0. The van der Waals surface area contributed by atoms with Gasteiger partial charge in [-0.1, -0.05) is 19.4 Å². The quantitative estimate of drug-likeness (QED) is 0.617. The minimum absolute atomic E-state index is 0.754. The summed E-state index contributed by atoms with van der Waals surface area (Å²) >= 11 is 0. The molecule has 0 atom stereocenters. The standard InChI is InChI=1S/C9H10F2/c1-2-3-7-4-5-8(10)9(11)6-7/h4-6H,2-3H2,1H3. The van der Waals surface area contributed by atoms with E-state index in [9.17, 15) is 8.78 Å². The van der Waals surface area contributed by atoms with Crippen LogP contribution in [0.5, 0.6) is 0 Å². The second-order valence-corrected chi connectivity index (χ2v) is 2.50. The summed E-state index contributed by atoms with van der Waals surface area (Å²) in [6, 6.07) is 4.03. The van der Waals surface area contributed by atoms with Gasteiger partial charge in [-0.2, -0.15) is 0 Å². The normalized spacial score (nSPS) is 10.1. The Bertz CT molecular complexity index is 243. The molecule has 0 bridgehead atoms. The van der Waals surface area contributed by atoms with Crippen molar-refractivity contribution in [2.45, 2.75) is 19.8 Å². The van der Waals surface area contributed by atoms with Crippen LogP contribution in [0.2, 0.25) is 0 Å². The van der Waals surface area contributed by atoms with E-state index in [1.165, 1.54) is 12.1 Å². The van der Waals surface area contributed by atoms with Crippen LogP contribution in [-0.2, 0) is 6.42 Å². The molecule has 2 heteroatoms. The molecule has 0 aliphatic carbocycles. The largest absolute Gasteiger partial charge is 0.204 e. The van der Waals surface area contributed by atoms with E-state index in [-0.39, 0.29) is 0 Å². The van der Waals surface area contributed by atoms with Crippen molar-refractivity contribution in [3.63, 3.8) is 0 Å². The predicted molar refractivity (Wildman–Crippen MR) is 40.4 cm³/mol. The predicted octanol–water partition coefficient (Wildman–Crippen LogP) is 2.92. The van der Waals surface area contributed by atoms with E-state index in [1.807, 2.05) is 6.92 Å².